The van der Waals surface area contributed by atoms with Crippen molar-refractivity contribution in [1.29, 1.82) is 0 Å². The summed E-state index contributed by atoms with van der Waals surface area (Å²) in [6, 6.07) is 0. The Morgan fingerprint density at radius 3 is 2.57 bits per heavy atom. The molecule has 1 aliphatic rings. The summed E-state index contributed by atoms with van der Waals surface area (Å²) in [4.78, 5) is 24.0. The summed E-state index contributed by atoms with van der Waals surface area (Å²) in [5, 5.41) is 0. The third-order valence-electron chi connectivity index (χ3n) is 2.28. The standard InChI is InChI=1S/C9H17N3O2/c1-2-5-12(6-7-3-4-7)9(14)8(13)11-10/h7H,2-6,10H2,1H3,(H,11,13). The molecule has 1 rings (SSSR count). The van der Waals surface area contributed by atoms with Gasteiger partial charge < -0.3 is 4.90 Å². The van der Waals surface area contributed by atoms with Gasteiger partial charge in [0.05, 0.1) is 0 Å². The molecular weight excluding hydrogens is 182 g/mol. The lowest BCUT2D eigenvalue weighted by atomic mass is 10.3. The molecule has 0 heterocycles. The van der Waals surface area contributed by atoms with E-state index >= 15 is 0 Å². The van der Waals surface area contributed by atoms with Crippen LogP contribution in [0, 0.1) is 5.92 Å². The van der Waals surface area contributed by atoms with Crippen LogP contribution in [0.3, 0.4) is 0 Å². The lowest BCUT2D eigenvalue weighted by Gasteiger charge is -2.20. The van der Waals surface area contributed by atoms with Crippen LogP contribution in [0.15, 0.2) is 0 Å². The number of amides is 2. The van der Waals surface area contributed by atoms with E-state index < -0.39 is 11.8 Å². The van der Waals surface area contributed by atoms with Crippen LogP contribution >= 0.6 is 0 Å². The highest BCUT2D eigenvalue weighted by atomic mass is 16.2. The Balaban J connectivity index is 2.46. The van der Waals surface area contributed by atoms with Crippen molar-refractivity contribution in [3.05, 3.63) is 0 Å². The molecule has 0 aromatic carbocycles. The summed E-state index contributed by atoms with van der Waals surface area (Å²) in [7, 11) is 0. The molecule has 2 amide bonds. The van der Waals surface area contributed by atoms with Crippen LogP contribution in [0.5, 0.6) is 0 Å². The number of nitrogens with two attached hydrogens (primary N) is 1. The molecule has 3 N–H and O–H groups in total. The normalized spacial score (nSPS) is 15.0. The average molecular weight is 199 g/mol. The first-order valence-electron chi connectivity index (χ1n) is 4.98. The van der Waals surface area contributed by atoms with Crippen LogP contribution in [0.25, 0.3) is 0 Å². The van der Waals surface area contributed by atoms with Crippen molar-refractivity contribution in [3.8, 4) is 0 Å². The van der Waals surface area contributed by atoms with Crippen molar-refractivity contribution in [3.63, 3.8) is 0 Å². The summed E-state index contributed by atoms with van der Waals surface area (Å²) in [6.07, 6.45) is 3.19. The zero-order chi connectivity index (χ0) is 10.6. The maximum Gasteiger partial charge on any atom is 0.323 e. The molecule has 1 saturated carbocycles. The molecule has 5 heteroatoms. The Hall–Kier alpha value is -1.10. The number of nitrogens with one attached hydrogen (secondary N) is 1. The van der Waals surface area contributed by atoms with Gasteiger partial charge >= 0.3 is 11.8 Å². The molecule has 1 fully saturated rings. The van der Waals surface area contributed by atoms with E-state index in [0.29, 0.717) is 19.0 Å². The second kappa shape index (κ2) is 4.95. The van der Waals surface area contributed by atoms with Gasteiger partial charge in [0, 0.05) is 13.1 Å². The summed E-state index contributed by atoms with van der Waals surface area (Å²) < 4.78 is 0. The fourth-order valence-corrected chi connectivity index (χ4v) is 1.36. The monoisotopic (exact) mass is 199 g/mol. The number of carbonyl (C=O) groups is 2. The Morgan fingerprint density at radius 2 is 2.14 bits per heavy atom. The van der Waals surface area contributed by atoms with Crippen LogP contribution in [-0.2, 0) is 9.59 Å². The lowest BCUT2D eigenvalue weighted by Crippen LogP contribution is -2.46. The molecule has 0 atom stereocenters. The molecule has 80 valence electrons. The highest BCUT2D eigenvalue weighted by molar-refractivity contribution is 6.34. The fourth-order valence-electron chi connectivity index (χ4n) is 1.36. The van der Waals surface area contributed by atoms with Crippen LogP contribution < -0.4 is 11.3 Å². The maximum absolute atomic E-state index is 11.5. The molecule has 0 bridgehead atoms. The van der Waals surface area contributed by atoms with Gasteiger partial charge in [0.15, 0.2) is 0 Å². The van der Waals surface area contributed by atoms with Crippen LogP contribution in [0.2, 0.25) is 0 Å². The molecule has 0 radical (unpaired) electrons. The van der Waals surface area contributed by atoms with E-state index in [9.17, 15) is 9.59 Å². The van der Waals surface area contributed by atoms with Gasteiger partial charge in [0.1, 0.15) is 0 Å². The number of nitrogens with zero attached hydrogens (tertiary/aromatic N) is 1. The Kier molecular flexibility index (Phi) is 3.88. The van der Waals surface area contributed by atoms with E-state index in [2.05, 4.69) is 0 Å². The molecular formula is C9H17N3O2. The Bertz CT molecular complexity index is 226. The van der Waals surface area contributed by atoms with Crippen molar-refractivity contribution in [2.45, 2.75) is 26.2 Å². The van der Waals surface area contributed by atoms with Crippen molar-refractivity contribution in [2.75, 3.05) is 13.1 Å². The summed E-state index contributed by atoms with van der Waals surface area (Å²) in [5.74, 6) is 4.26. The summed E-state index contributed by atoms with van der Waals surface area (Å²) in [5.41, 5.74) is 1.87. The van der Waals surface area contributed by atoms with Crippen molar-refractivity contribution < 1.29 is 9.59 Å². The largest absolute Gasteiger partial charge is 0.334 e. The summed E-state index contributed by atoms with van der Waals surface area (Å²) in [6.45, 7) is 3.30. The molecule has 0 spiro atoms. The maximum atomic E-state index is 11.5. The predicted octanol–water partition coefficient (Wildman–Crippen LogP) is -0.375. The van der Waals surface area contributed by atoms with Gasteiger partial charge in [-0.15, -0.1) is 0 Å². The van der Waals surface area contributed by atoms with Gasteiger partial charge in [0.25, 0.3) is 0 Å². The van der Waals surface area contributed by atoms with Crippen LogP contribution in [-0.4, -0.2) is 29.8 Å². The van der Waals surface area contributed by atoms with Crippen molar-refractivity contribution >= 4 is 11.8 Å². The summed E-state index contributed by atoms with van der Waals surface area (Å²) >= 11 is 0. The zero-order valence-corrected chi connectivity index (χ0v) is 8.45. The zero-order valence-electron chi connectivity index (χ0n) is 8.45. The molecule has 1 aliphatic carbocycles. The Morgan fingerprint density at radius 1 is 1.50 bits per heavy atom. The number of carbonyl (C=O) groups excluding carboxylic acids is 2. The van der Waals surface area contributed by atoms with E-state index in [0.717, 1.165) is 19.3 Å². The van der Waals surface area contributed by atoms with E-state index in [1.165, 1.54) is 0 Å². The lowest BCUT2D eigenvalue weighted by molar-refractivity contribution is -0.146. The van der Waals surface area contributed by atoms with Gasteiger partial charge in [-0.1, -0.05) is 6.92 Å². The van der Waals surface area contributed by atoms with E-state index in [1.54, 1.807) is 4.90 Å². The molecule has 0 unspecified atom stereocenters. The average Bonchev–Trinajstić information content (AvgIpc) is 2.98. The number of hydrogen-bond donors (Lipinski definition) is 2. The van der Waals surface area contributed by atoms with Gasteiger partial charge in [-0.2, -0.15) is 0 Å². The van der Waals surface area contributed by atoms with Gasteiger partial charge in [0.2, 0.25) is 0 Å². The minimum Gasteiger partial charge on any atom is -0.334 e. The van der Waals surface area contributed by atoms with Crippen molar-refractivity contribution in [1.82, 2.24) is 10.3 Å². The quantitative estimate of drug-likeness (QED) is 0.280. The predicted molar refractivity (Wildman–Crippen MR) is 51.9 cm³/mol. The fraction of sp³-hybridized carbons (Fsp3) is 0.778. The first kappa shape index (κ1) is 11.0. The van der Waals surface area contributed by atoms with Crippen LogP contribution in [0.1, 0.15) is 26.2 Å². The first-order valence-corrected chi connectivity index (χ1v) is 4.98. The smallest absolute Gasteiger partial charge is 0.323 e. The Labute approximate surface area is 83.6 Å². The topological polar surface area (TPSA) is 75.4 Å². The van der Waals surface area contributed by atoms with Gasteiger partial charge in [-0.25, -0.2) is 5.84 Å². The highest BCUT2D eigenvalue weighted by Crippen LogP contribution is 2.29. The van der Waals surface area contributed by atoms with E-state index in [4.69, 9.17) is 5.84 Å². The molecule has 0 aromatic rings. The van der Waals surface area contributed by atoms with Crippen LogP contribution in [0.4, 0.5) is 0 Å². The van der Waals surface area contributed by atoms with Crippen molar-refractivity contribution in [2.24, 2.45) is 11.8 Å². The second-order valence-corrected chi connectivity index (χ2v) is 3.67. The second-order valence-electron chi connectivity index (χ2n) is 3.67. The minimum atomic E-state index is -0.723. The SMILES string of the molecule is CCCN(CC1CC1)C(=O)C(=O)NN. The minimum absolute atomic E-state index is 0.513. The molecule has 0 saturated heterocycles. The first-order chi connectivity index (χ1) is 6.69. The van der Waals surface area contributed by atoms with Gasteiger partial charge in [-0.05, 0) is 25.2 Å². The molecule has 14 heavy (non-hydrogen) atoms. The third-order valence-corrected chi connectivity index (χ3v) is 2.28. The number of rotatable bonds is 4. The number of hydrazine groups is 1. The van der Waals surface area contributed by atoms with E-state index in [1.807, 2.05) is 12.3 Å². The van der Waals surface area contributed by atoms with Gasteiger partial charge in [-0.3, -0.25) is 15.0 Å². The number of hydrogen-bond acceptors (Lipinski definition) is 3. The molecule has 0 aromatic heterocycles. The van der Waals surface area contributed by atoms with E-state index in [-0.39, 0.29) is 0 Å². The molecule has 5 nitrogen and oxygen atoms in total. The third kappa shape index (κ3) is 2.99. The molecule has 0 aliphatic heterocycles. The highest BCUT2D eigenvalue weighted by Gasteiger charge is 2.28.